The number of rotatable bonds is 5. The number of carbonyl (C=O) groups is 1. The molecule has 0 aliphatic heterocycles. The second-order valence-corrected chi connectivity index (χ2v) is 5.06. The maximum Gasteiger partial charge on any atom is 0.341 e. The van der Waals surface area contributed by atoms with Crippen molar-refractivity contribution in [3.8, 4) is 5.75 Å². The van der Waals surface area contributed by atoms with Gasteiger partial charge in [-0.2, -0.15) is 5.10 Å². The van der Waals surface area contributed by atoms with Gasteiger partial charge in [-0.15, -0.1) is 0 Å². The highest BCUT2D eigenvalue weighted by molar-refractivity contribution is 6.34. The standard InChI is InChI=1S/C14H14Cl2N2O3/c1-3-20-14(19)10-7-17-18(2)12(10)8-21-13-6-9(15)4-5-11(13)16/h4-7H,3,8H2,1-2H3. The van der Waals surface area contributed by atoms with Crippen LogP contribution >= 0.6 is 23.2 Å². The summed E-state index contributed by atoms with van der Waals surface area (Å²) in [5, 5.41) is 5.01. The molecule has 0 bridgehead atoms. The van der Waals surface area contributed by atoms with Crippen molar-refractivity contribution in [1.29, 1.82) is 0 Å². The first-order valence-corrected chi connectivity index (χ1v) is 7.04. The van der Waals surface area contributed by atoms with Gasteiger partial charge in [-0.25, -0.2) is 4.79 Å². The van der Waals surface area contributed by atoms with Gasteiger partial charge in [-0.1, -0.05) is 23.2 Å². The van der Waals surface area contributed by atoms with Crippen molar-refractivity contribution < 1.29 is 14.3 Å². The minimum Gasteiger partial charge on any atom is -0.486 e. The van der Waals surface area contributed by atoms with E-state index < -0.39 is 5.97 Å². The van der Waals surface area contributed by atoms with Gasteiger partial charge in [-0.3, -0.25) is 4.68 Å². The molecule has 0 saturated carbocycles. The summed E-state index contributed by atoms with van der Waals surface area (Å²) < 4.78 is 12.2. The molecule has 0 N–H and O–H groups in total. The lowest BCUT2D eigenvalue weighted by molar-refractivity contribution is 0.0523. The molecule has 5 nitrogen and oxygen atoms in total. The first kappa shape index (κ1) is 15.7. The summed E-state index contributed by atoms with van der Waals surface area (Å²) in [5.41, 5.74) is 0.974. The van der Waals surface area contributed by atoms with Crippen molar-refractivity contribution >= 4 is 29.2 Å². The van der Waals surface area contributed by atoms with E-state index in [4.69, 9.17) is 32.7 Å². The fraction of sp³-hybridized carbons (Fsp3) is 0.286. The summed E-state index contributed by atoms with van der Waals surface area (Å²) in [6.45, 7) is 2.18. The molecule has 0 unspecified atom stereocenters. The second-order valence-electron chi connectivity index (χ2n) is 4.21. The van der Waals surface area contributed by atoms with E-state index in [1.165, 1.54) is 6.20 Å². The predicted molar refractivity (Wildman–Crippen MR) is 80.0 cm³/mol. The van der Waals surface area contributed by atoms with E-state index in [9.17, 15) is 4.79 Å². The van der Waals surface area contributed by atoms with Gasteiger partial charge in [0.2, 0.25) is 0 Å². The molecule has 112 valence electrons. The lowest BCUT2D eigenvalue weighted by atomic mass is 10.2. The van der Waals surface area contributed by atoms with Gasteiger partial charge >= 0.3 is 5.97 Å². The van der Waals surface area contributed by atoms with E-state index in [2.05, 4.69) is 5.10 Å². The van der Waals surface area contributed by atoms with Crippen molar-refractivity contribution in [2.75, 3.05) is 6.61 Å². The fourth-order valence-corrected chi connectivity index (χ4v) is 2.08. The van der Waals surface area contributed by atoms with Gasteiger partial charge in [0.15, 0.2) is 0 Å². The molecule has 0 spiro atoms. The molecule has 0 fully saturated rings. The van der Waals surface area contributed by atoms with Crippen LogP contribution in [0.1, 0.15) is 23.0 Å². The number of benzene rings is 1. The van der Waals surface area contributed by atoms with Crippen LogP contribution in [0.15, 0.2) is 24.4 Å². The third-order valence-electron chi connectivity index (χ3n) is 2.81. The van der Waals surface area contributed by atoms with E-state index in [0.29, 0.717) is 33.7 Å². The summed E-state index contributed by atoms with van der Waals surface area (Å²) >= 11 is 11.9. The Hall–Kier alpha value is -1.72. The number of aromatic nitrogens is 2. The van der Waals surface area contributed by atoms with E-state index in [0.717, 1.165) is 0 Å². The summed E-state index contributed by atoms with van der Waals surface area (Å²) in [5.74, 6) is 0.0153. The van der Waals surface area contributed by atoms with E-state index in [1.54, 1.807) is 36.9 Å². The largest absolute Gasteiger partial charge is 0.486 e. The number of nitrogens with zero attached hydrogens (tertiary/aromatic N) is 2. The zero-order valence-corrected chi connectivity index (χ0v) is 13.1. The Kier molecular flexibility index (Phi) is 5.09. The summed E-state index contributed by atoms with van der Waals surface area (Å²) in [6, 6.07) is 4.93. The summed E-state index contributed by atoms with van der Waals surface area (Å²) in [6.07, 6.45) is 1.45. The highest BCUT2D eigenvalue weighted by atomic mass is 35.5. The number of esters is 1. The lowest BCUT2D eigenvalue weighted by Crippen LogP contribution is -2.11. The molecule has 0 amide bonds. The first-order chi connectivity index (χ1) is 10.0. The average Bonchev–Trinajstić information content (AvgIpc) is 2.81. The highest BCUT2D eigenvalue weighted by Gasteiger charge is 2.18. The van der Waals surface area contributed by atoms with Crippen LogP contribution in [0, 0.1) is 0 Å². The van der Waals surface area contributed by atoms with Gasteiger partial charge in [0, 0.05) is 18.1 Å². The molecular formula is C14H14Cl2N2O3. The normalized spacial score (nSPS) is 10.5. The van der Waals surface area contributed by atoms with Crippen LogP contribution in [-0.4, -0.2) is 22.4 Å². The number of carbonyl (C=O) groups excluding carboxylic acids is 1. The van der Waals surface area contributed by atoms with Gasteiger partial charge in [0.1, 0.15) is 17.9 Å². The molecule has 0 atom stereocenters. The molecular weight excluding hydrogens is 315 g/mol. The maximum absolute atomic E-state index is 11.8. The van der Waals surface area contributed by atoms with E-state index >= 15 is 0 Å². The topological polar surface area (TPSA) is 53.3 Å². The van der Waals surface area contributed by atoms with Crippen LogP contribution < -0.4 is 4.74 Å². The first-order valence-electron chi connectivity index (χ1n) is 6.28. The Morgan fingerprint density at radius 2 is 2.14 bits per heavy atom. The minimum atomic E-state index is -0.429. The molecule has 0 radical (unpaired) electrons. The molecule has 1 aromatic carbocycles. The smallest absolute Gasteiger partial charge is 0.341 e. The Balaban J connectivity index is 2.18. The molecule has 21 heavy (non-hydrogen) atoms. The number of hydrogen-bond donors (Lipinski definition) is 0. The fourth-order valence-electron chi connectivity index (χ4n) is 1.75. The molecule has 2 aromatic rings. The number of ether oxygens (including phenoxy) is 2. The second kappa shape index (κ2) is 6.83. The van der Waals surface area contributed by atoms with Gasteiger partial charge in [-0.05, 0) is 19.1 Å². The number of aryl methyl sites for hydroxylation is 1. The minimum absolute atomic E-state index is 0.130. The van der Waals surface area contributed by atoms with Gasteiger partial charge < -0.3 is 9.47 Å². The van der Waals surface area contributed by atoms with Gasteiger partial charge in [0.25, 0.3) is 0 Å². The van der Waals surface area contributed by atoms with Crippen LogP contribution in [0.3, 0.4) is 0 Å². The summed E-state index contributed by atoms with van der Waals surface area (Å²) in [4.78, 5) is 11.8. The van der Waals surface area contributed by atoms with Crippen LogP contribution in [0.2, 0.25) is 10.0 Å². The number of hydrogen-bond acceptors (Lipinski definition) is 4. The van der Waals surface area contributed by atoms with Crippen molar-refractivity contribution in [3.63, 3.8) is 0 Å². The van der Waals surface area contributed by atoms with Gasteiger partial charge in [0.05, 0.1) is 23.5 Å². The van der Waals surface area contributed by atoms with Crippen molar-refractivity contribution in [3.05, 3.63) is 45.7 Å². The van der Waals surface area contributed by atoms with Crippen molar-refractivity contribution in [1.82, 2.24) is 9.78 Å². The molecule has 2 rings (SSSR count). The van der Waals surface area contributed by atoms with Crippen LogP contribution in [0.4, 0.5) is 0 Å². The van der Waals surface area contributed by atoms with Crippen molar-refractivity contribution in [2.45, 2.75) is 13.5 Å². The number of halogens is 2. The quantitative estimate of drug-likeness (QED) is 0.788. The zero-order chi connectivity index (χ0) is 15.4. The van der Waals surface area contributed by atoms with Crippen LogP contribution in [0.5, 0.6) is 5.75 Å². The molecule has 0 aliphatic carbocycles. The monoisotopic (exact) mass is 328 g/mol. The maximum atomic E-state index is 11.8. The lowest BCUT2D eigenvalue weighted by Gasteiger charge is -2.10. The Labute approximate surface area is 132 Å². The van der Waals surface area contributed by atoms with E-state index in [-0.39, 0.29) is 6.61 Å². The van der Waals surface area contributed by atoms with Crippen molar-refractivity contribution in [2.24, 2.45) is 7.05 Å². The molecule has 0 saturated heterocycles. The predicted octanol–water partition coefficient (Wildman–Crippen LogP) is 3.48. The van der Waals surface area contributed by atoms with Crippen LogP contribution in [-0.2, 0) is 18.4 Å². The molecule has 0 aliphatic rings. The Morgan fingerprint density at radius 1 is 1.38 bits per heavy atom. The summed E-state index contributed by atoms with van der Waals surface area (Å²) in [7, 11) is 1.72. The molecule has 7 heteroatoms. The third kappa shape index (κ3) is 3.68. The Bertz CT molecular complexity index is 656. The zero-order valence-electron chi connectivity index (χ0n) is 11.6. The van der Waals surface area contributed by atoms with Crippen LogP contribution in [0.25, 0.3) is 0 Å². The molecule has 1 aromatic heterocycles. The Morgan fingerprint density at radius 3 is 2.86 bits per heavy atom. The highest BCUT2D eigenvalue weighted by Crippen LogP contribution is 2.28. The SMILES string of the molecule is CCOC(=O)c1cnn(C)c1COc1cc(Cl)ccc1Cl. The third-order valence-corrected chi connectivity index (χ3v) is 3.36. The average molecular weight is 329 g/mol. The molecule has 1 heterocycles. The van der Waals surface area contributed by atoms with E-state index in [1.807, 2.05) is 0 Å².